The highest BCUT2D eigenvalue weighted by Crippen LogP contribution is 2.39. The number of pyridine rings is 1. The van der Waals surface area contributed by atoms with E-state index in [4.69, 9.17) is 9.97 Å². The van der Waals surface area contributed by atoms with Gasteiger partial charge in [0, 0.05) is 34.6 Å². The van der Waals surface area contributed by atoms with E-state index in [9.17, 15) is 5.26 Å². The molecule has 6 aromatic carbocycles. The van der Waals surface area contributed by atoms with Crippen LogP contribution in [0.3, 0.4) is 0 Å². The Balaban J connectivity index is 1.37. The van der Waals surface area contributed by atoms with Gasteiger partial charge in [0.25, 0.3) is 0 Å². The Morgan fingerprint density at radius 1 is 0.524 bits per heavy atom. The van der Waals surface area contributed by atoms with Gasteiger partial charge in [-0.3, -0.25) is 4.98 Å². The minimum Gasteiger partial charge on any atom is -0.264 e. The van der Waals surface area contributed by atoms with Crippen LogP contribution in [0, 0.1) is 11.3 Å². The van der Waals surface area contributed by atoms with E-state index in [1.54, 1.807) is 6.20 Å². The fourth-order valence-corrected chi connectivity index (χ4v) is 5.90. The van der Waals surface area contributed by atoms with Crippen molar-refractivity contribution >= 4 is 32.3 Å². The summed E-state index contributed by atoms with van der Waals surface area (Å²) in [5.74, 6) is 0.663. The molecule has 8 rings (SSSR count). The fraction of sp³-hybridized carbons (Fsp3) is 0. The lowest BCUT2D eigenvalue weighted by Gasteiger charge is -2.15. The molecule has 0 spiro atoms. The van der Waals surface area contributed by atoms with Gasteiger partial charge in [-0.1, -0.05) is 84.9 Å². The van der Waals surface area contributed by atoms with Crippen molar-refractivity contribution < 1.29 is 0 Å². The van der Waals surface area contributed by atoms with Gasteiger partial charge < -0.3 is 0 Å². The van der Waals surface area contributed by atoms with Crippen LogP contribution in [0.15, 0.2) is 134 Å². The number of aromatic nitrogens is 3. The van der Waals surface area contributed by atoms with Crippen LogP contribution in [0.2, 0.25) is 0 Å². The molecule has 0 bridgehead atoms. The molecule has 42 heavy (non-hydrogen) atoms. The van der Waals surface area contributed by atoms with Crippen molar-refractivity contribution in [3.63, 3.8) is 0 Å². The van der Waals surface area contributed by atoms with Gasteiger partial charge in [-0.2, -0.15) is 5.26 Å². The van der Waals surface area contributed by atoms with E-state index < -0.39 is 0 Å². The molecule has 0 aliphatic carbocycles. The topological polar surface area (TPSA) is 62.5 Å². The van der Waals surface area contributed by atoms with Crippen LogP contribution < -0.4 is 0 Å². The van der Waals surface area contributed by atoms with Crippen LogP contribution >= 0.6 is 0 Å². The zero-order chi connectivity index (χ0) is 28.0. The normalized spacial score (nSPS) is 11.3. The second kappa shape index (κ2) is 9.62. The largest absolute Gasteiger partial charge is 0.264 e. The van der Waals surface area contributed by atoms with Crippen LogP contribution in [-0.2, 0) is 0 Å². The van der Waals surface area contributed by atoms with E-state index in [0.29, 0.717) is 11.4 Å². The fourth-order valence-electron chi connectivity index (χ4n) is 5.90. The average Bonchev–Trinajstić information content (AvgIpc) is 3.07. The lowest BCUT2D eigenvalue weighted by atomic mass is 9.91. The summed E-state index contributed by atoms with van der Waals surface area (Å²) in [7, 11) is 0. The molecule has 0 saturated heterocycles. The van der Waals surface area contributed by atoms with E-state index in [1.807, 2.05) is 42.6 Å². The molecule has 2 heterocycles. The number of benzene rings is 6. The molecule has 0 amide bonds. The number of hydrogen-bond acceptors (Lipinski definition) is 4. The maximum absolute atomic E-state index is 9.34. The molecule has 0 N–H and O–H groups in total. The first-order valence-corrected chi connectivity index (χ1v) is 13.8. The first kappa shape index (κ1) is 23.9. The van der Waals surface area contributed by atoms with Crippen LogP contribution in [0.1, 0.15) is 5.56 Å². The van der Waals surface area contributed by atoms with Crippen molar-refractivity contribution in [3.8, 4) is 51.1 Å². The van der Waals surface area contributed by atoms with Crippen molar-refractivity contribution in [1.82, 2.24) is 15.0 Å². The Labute approximate surface area is 242 Å². The highest BCUT2D eigenvalue weighted by Gasteiger charge is 2.16. The summed E-state index contributed by atoms with van der Waals surface area (Å²) in [6, 6.07) is 43.7. The van der Waals surface area contributed by atoms with Crippen LogP contribution in [0.5, 0.6) is 0 Å². The Kier molecular flexibility index (Phi) is 5.48. The van der Waals surface area contributed by atoms with E-state index in [0.717, 1.165) is 44.6 Å². The first-order valence-electron chi connectivity index (χ1n) is 13.8. The zero-order valence-electron chi connectivity index (χ0n) is 22.5. The smallest absolute Gasteiger partial charge is 0.161 e. The van der Waals surface area contributed by atoms with Gasteiger partial charge in [-0.25, -0.2) is 9.97 Å². The molecule has 0 fully saturated rings. The molecule has 0 unspecified atom stereocenters. The summed E-state index contributed by atoms with van der Waals surface area (Å²) in [6.07, 6.45) is 3.65. The monoisotopic (exact) mass is 534 g/mol. The van der Waals surface area contributed by atoms with E-state index in [1.165, 1.54) is 26.9 Å². The Bertz CT molecular complexity index is 2280. The minimum atomic E-state index is 0.615. The summed E-state index contributed by atoms with van der Waals surface area (Å²) >= 11 is 0. The minimum absolute atomic E-state index is 0.615. The highest BCUT2D eigenvalue weighted by atomic mass is 14.9. The molecule has 0 atom stereocenters. The van der Waals surface area contributed by atoms with Gasteiger partial charge in [0.05, 0.1) is 23.0 Å². The third-order valence-electron chi connectivity index (χ3n) is 7.96. The number of nitriles is 1. The van der Waals surface area contributed by atoms with Gasteiger partial charge in [-0.15, -0.1) is 0 Å². The molecule has 0 aliphatic heterocycles. The number of nitrogens with zero attached hydrogens (tertiary/aromatic N) is 4. The Morgan fingerprint density at radius 2 is 1.19 bits per heavy atom. The lowest BCUT2D eigenvalue weighted by molar-refractivity contribution is 1.19. The molecule has 0 aliphatic rings. The first-order chi connectivity index (χ1) is 20.7. The molecule has 194 valence electrons. The molecule has 4 heteroatoms. The second-order valence-electron chi connectivity index (χ2n) is 10.4. The SMILES string of the molecule is N#Cc1ccc(-c2cc(-c3cccc(-c4cccnc4)c3)nc(-c3ccc4ccc5cccc6ccc3c4c56)n2)cc1. The molecule has 8 aromatic rings. The summed E-state index contributed by atoms with van der Waals surface area (Å²) in [6.45, 7) is 0. The summed E-state index contributed by atoms with van der Waals surface area (Å²) in [5, 5.41) is 16.6. The Hall–Kier alpha value is -5.92. The Morgan fingerprint density at radius 3 is 1.95 bits per heavy atom. The molecule has 0 radical (unpaired) electrons. The highest BCUT2D eigenvalue weighted by molar-refractivity contribution is 6.25. The molecular formula is C38H22N4. The van der Waals surface area contributed by atoms with Crippen molar-refractivity contribution in [2.45, 2.75) is 0 Å². The summed E-state index contributed by atoms with van der Waals surface area (Å²) < 4.78 is 0. The molecule has 0 saturated carbocycles. The zero-order valence-corrected chi connectivity index (χ0v) is 22.5. The van der Waals surface area contributed by atoms with Gasteiger partial charge in [0.15, 0.2) is 5.82 Å². The van der Waals surface area contributed by atoms with E-state index >= 15 is 0 Å². The van der Waals surface area contributed by atoms with Gasteiger partial charge in [0.1, 0.15) is 0 Å². The van der Waals surface area contributed by atoms with Crippen molar-refractivity contribution in [2.75, 3.05) is 0 Å². The third-order valence-corrected chi connectivity index (χ3v) is 7.96. The van der Waals surface area contributed by atoms with E-state index in [-0.39, 0.29) is 0 Å². The predicted octanol–water partition coefficient (Wildman–Crippen LogP) is 9.31. The second-order valence-corrected chi connectivity index (χ2v) is 10.4. The summed E-state index contributed by atoms with van der Waals surface area (Å²) in [5.41, 5.74) is 7.28. The standard InChI is InChI=1S/C38H22N4/c39-22-24-9-11-25(12-10-24)34-21-35(30-7-2-6-29(20-30)31-8-3-19-40-23-31)42-38(41-34)33-18-16-28-14-13-26-4-1-5-27-15-17-32(33)37(28)36(26)27/h1-21,23H. The summed E-state index contributed by atoms with van der Waals surface area (Å²) in [4.78, 5) is 14.6. The van der Waals surface area contributed by atoms with Gasteiger partial charge in [-0.05, 0) is 74.3 Å². The average molecular weight is 535 g/mol. The van der Waals surface area contributed by atoms with Gasteiger partial charge in [0.2, 0.25) is 0 Å². The van der Waals surface area contributed by atoms with Crippen molar-refractivity contribution in [2.24, 2.45) is 0 Å². The van der Waals surface area contributed by atoms with Crippen molar-refractivity contribution in [3.05, 3.63) is 139 Å². The van der Waals surface area contributed by atoms with Crippen molar-refractivity contribution in [1.29, 1.82) is 5.26 Å². The van der Waals surface area contributed by atoms with Gasteiger partial charge >= 0.3 is 0 Å². The number of rotatable bonds is 4. The van der Waals surface area contributed by atoms with E-state index in [2.05, 4.69) is 96.0 Å². The lowest BCUT2D eigenvalue weighted by Crippen LogP contribution is -1.97. The van der Waals surface area contributed by atoms with Crippen LogP contribution in [0.4, 0.5) is 0 Å². The van der Waals surface area contributed by atoms with Crippen LogP contribution in [-0.4, -0.2) is 15.0 Å². The van der Waals surface area contributed by atoms with Crippen LogP contribution in [0.25, 0.3) is 77.3 Å². The predicted molar refractivity (Wildman–Crippen MR) is 170 cm³/mol. The quantitative estimate of drug-likeness (QED) is 0.211. The molecule has 4 nitrogen and oxygen atoms in total. The third kappa shape index (κ3) is 3.96. The molecular weight excluding hydrogens is 512 g/mol. The maximum Gasteiger partial charge on any atom is 0.161 e. The molecule has 2 aromatic heterocycles. The number of hydrogen-bond donors (Lipinski definition) is 0. The maximum atomic E-state index is 9.34.